The number of aliphatic hydroxyl groups is 1. The third-order valence-electron chi connectivity index (χ3n) is 6.33. The Kier molecular flexibility index (Phi) is 7.71. The van der Waals surface area contributed by atoms with Gasteiger partial charge in [0.15, 0.2) is 0 Å². The van der Waals surface area contributed by atoms with Gasteiger partial charge >= 0.3 is 0 Å². The first-order valence-electron chi connectivity index (χ1n) is 11.0. The van der Waals surface area contributed by atoms with E-state index >= 15 is 0 Å². The van der Waals surface area contributed by atoms with Gasteiger partial charge in [-0.05, 0) is 55.9 Å². The highest BCUT2D eigenvalue weighted by atomic mass is 32.2. The maximum Gasteiger partial charge on any atom is 0.247 e. The van der Waals surface area contributed by atoms with Gasteiger partial charge in [-0.2, -0.15) is 4.31 Å². The molecule has 1 aromatic carbocycles. The van der Waals surface area contributed by atoms with Crippen LogP contribution in [0.25, 0.3) is 5.57 Å². The topological polar surface area (TPSA) is 104 Å². The Balaban J connectivity index is 2.11. The van der Waals surface area contributed by atoms with Gasteiger partial charge in [0.2, 0.25) is 20.0 Å². The Labute approximate surface area is 192 Å². The molecule has 0 saturated carbocycles. The molecular formula is C22H34N2O6S2. The van der Waals surface area contributed by atoms with Crippen molar-refractivity contribution in [3.05, 3.63) is 29.8 Å². The maximum atomic E-state index is 13.5. The van der Waals surface area contributed by atoms with Crippen molar-refractivity contribution in [1.29, 1.82) is 0 Å². The quantitative estimate of drug-likeness (QED) is 0.662. The number of benzene rings is 1. The van der Waals surface area contributed by atoms with Crippen LogP contribution in [-0.2, 0) is 20.0 Å². The molecule has 1 aliphatic carbocycles. The molecule has 0 bridgehead atoms. The molecule has 1 N–H and O–H groups in total. The molecule has 10 heteroatoms. The summed E-state index contributed by atoms with van der Waals surface area (Å²) >= 11 is 0. The second kappa shape index (κ2) is 9.80. The number of ether oxygens (including phenoxy) is 1. The van der Waals surface area contributed by atoms with Gasteiger partial charge in [0.05, 0.1) is 19.4 Å². The average molecular weight is 487 g/mol. The predicted octanol–water partition coefficient (Wildman–Crippen LogP) is 2.30. The second-order valence-electron chi connectivity index (χ2n) is 8.92. The van der Waals surface area contributed by atoms with Crippen LogP contribution in [0.15, 0.2) is 29.2 Å². The van der Waals surface area contributed by atoms with Crippen LogP contribution < -0.4 is 4.74 Å². The van der Waals surface area contributed by atoms with E-state index in [0.29, 0.717) is 0 Å². The molecule has 0 radical (unpaired) electrons. The van der Waals surface area contributed by atoms with Crippen LogP contribution in [0, 0.1) is 5.92 Å². The fourth-order valence-electron chi connectivity index (χ4n) is 4.13. The molecule has 8 nitrogen and oxygen atoms in total. The van der Waals surface area contributed by atoms with E-state index in [1.165, 1.54) is 21.2 Å². The van der Waals surface area contributed by atoms with Crippen molar-refractivity contribution in [3.8, 4) is 5.75 Å². The third kappa shape index (κ3) is 5.36. The molecule has 180 valence electrons. The van der Waals surface area contributed by atoms with Gasteiger partial charge in [-0.15, -0.1) is 0 Å². The summed E-state index contributed by atoms with van der Waals surface area (Å²) in [7, 11) is -5.87. The molecule has 0 spiro atoms. The summed E-state index contributed by atoms with van der Waals surface area (Å²) in [6.07, 6.45) is 6.90. The maximum absolute atomic E-state index is 13.5. The van der Waals surface area contributed by atoms with E-state index in [0.717, 1.165) is 37.5 Å². The highest BCUT2D eigenvalue weighted by Gasteiger charge is 2.38. The van der Waals surface area contributed by atoms with Crippen molar-refractivity contribution in [1.82, 2.24) is 8.61 Å². The SMILES string of the molecule is C[C@@H]1CN([C@@H](C)CO)S(=O)(=O)c2ccc(C3=CCCCC3)cc2O[C@H]1CN(C)S(C)(=O)=O. The van der Waals surface area contributed by atoms with Crippen molar-refractivity contribution in [3.63, 3.8) is 0 Å². The first kappa shape index (κ1) is 25.2. The largest absolute Gasteiger partial charge is 0.487 e. The Morgan fingerprint density at radius 2 is 2.03 bits per heavy atom. The van der Waals surface area contributed by atoms with Gasteiger partial charge in [-0.3, -0.25) is 0 Å². The second-order valence-corrected chi connectivity index (χ2v) is 12.9. The van der Waals surface area contributed by atoms with E-state index < -0.39 is 32.2 Å². The lowest BCUT2D eigenvalue weighted by Crippen LogP contribution is -2.50. The summed E-state index contributed by atoms with van der Waals surface area (Å²) < 4.78 is 59.8. The molecule has 0 unspecified atom stereocenters. The minimum atomic E-state index is -3.92. The van der Waals surface area contributed by atoms with Crippen LogP contribution in [0.4, 0.5) is 0 Å². The Morgan fingerprint density at radius 3 is 2.62 bits per heavy atom. The molecule has 0 fully saturated rings. The van der Waals surface area contributed by atoms with Crippen molar-refractivity contribution in [2.45, 2.75) is 56.6 Å². The van der Waals surface area contributed by atoms with E-state index in [-0.39, 0.29) is 36.3 Å². The third-order valence-corrected chi connectivity index (χ3v) is 9.63. The summed E-state index contributed by atoms with van der Waals surface area (Å²) in [6.45, 7) is 3.38. The fraction of sp³-hybridized carbons (Fsp3) is 0.636. The van der Waals surface area contributed by atoms with Crippen LogP contribution in [0.3, 0.4) is 0 Å². The summed E-state index contributed by atoms with van der Waals surface area (Å²) in [5, 5.41) is 9.72. The minimum absolute atomic E-state index is 0.0388. The monoisotopic (exact) mass is 486 g/mol. The van der Waals surface area contributed by atoms with Crippen LogP contribution in [0.1, 0.15) is 45.1 Å². The highest BCUT2D eigenvalue weighted by molar-refractivity contribution is 7.89. The van der Waals surface area contributed by atoms with Crippen molar-refractivity contribution in [2.24, 2.45) is 5.92 Å². The number of nitrogens with zero attached hydrogens (tertiary/aromatic N) is 2. The van der Waals surface area contributed by atoms with Crippen LogP contribution in [0.2, 0.25) is 0 Å². The van der Waals surface area contributed by atoms with Gasteiger partial charge in [0.25, 0.3) is 0 Å². The van der Waals surface area contributed by atoms with Crippen LogP contribution in [0.5, 0.6) is 5.75 Å². The van der Waals surface area contributed by atoms with Crippen molar-refractivity contribution < 1.29 is 26.7 Å². The number of aliphatic hydroxyl groups excluding tert-OH is 1. The number of hydrogen-bond donors (Lipinski definition) is 1. The fourth-order valence-corrected chi connectivity index (χ4v) is 6.38. The van der Waals surface area contributed by atoms with Crippen LogP contribution >= 0.6 is 0 Å². The predicted molar refractivity (Wildman–Crippen MR) is 124 cm³/mol. The summed E-state index contributed by atoms with van der Waals surface area (Å²) in [6, 6.07) is 4.51. The van der Waals surface area contributed by atoms with Crippen LogP contribution in [-0.4, -0.2) is 75.7 Å². The highest BCUT2D eigenvalue weighted by Crippen LogP contribution is 2.37. The minimum Gasteiger partial charge on any atom is -0.487 e. The molecule has 0 amide bonds. The van der Waals surface area contributed by atoms with Gasteiger partial charge in [-0.1, -0.05) is 19.1 Å². The molecule has 0 saturated heterocycles. The van der Waals surface area contributed by atoms with Gasteiger partial charge in [0, 0.05) is 25.6 Å². The van der Waals surface area contributed by atoms with Crippen molar-refractivity contribution >= 4 is 25.6 Å². The molecule has 32 heavy (non-hydrogen) atoms. The van der Waals surface area contributed by atoms with Gasteiger partial charge in [0.1, 0.15) is 16.7 Å². The van der Waals surface area contributed by atoms with E-state index in [9.17, 15) is 21.9 Å². The molecular weight excluding hydrogens is 452 g/mol. The lowest BCUT2D eigenvalue weighted by Gasteiger charge is -2.37. The zero-order valence-electron chi connectivity index (χ0n) is 19.2. The number of allylic oxidation sites excluding steroid dienone is 2. The lowest BCUT2D eigenvalue weighted by molar-refractivity contribution is 0.0905. The normalized spacial score (nSPS) is 25.2. The number of hydrogen-bond acceptors (Lipinski definition) is 6. The van der Waals surface area contributed by atoms with E-state index in [1.54, 1.807) is 25.1 Å². The summed E-state index contributed by atoms with van der Waals surface area (Å²) in [5.41, 5.74) is 2.09. The van der Waals surface area contributed by atoms with E-state index in [4.69, 9.17) is 4.74 Å². The molecule has 3 atom stereocenters. The Morgan fingerprint density at radius 1 is 1.31 bits per heavy atom. The molecule has 3 rings (SSSR count). The number of sulfonamides is 2. The van der Waals surface area contributed by atoms with Crippen molar-refractivity contribution in [2.75, 3.05) is 33.0 Å². The zero-order valence-corrected chi connectivity index (χ0v) is 20.8. The van der Waals surface area contributed by atoms with E-state index in [1.807, 2.05) is 6.92 Å². The lowest BCUT2D eigenvalue weighted by atomic mass is 9.93. The molecule has 1 heterocycles. The smallest absolute Gasteiger partial charge is 0.247 e. The number of rotatable bonds is 6. The standard InChI is InChI=1S/C22H34N2O6S2/c1-16-13-24(17(2)15-25)32(28,29)22-11-10-19(18-8-6-5-7-9-18)12-20(22)30-21(16)14-23(3)31(4,26)27/h8,10-12,16-17,21,25H,5-7,9,13-15H2,1-4H3/t16-,17+,21+/m1/s1. The van der Waals surface area contributed by atoms with Gasteiger partial charge in [-0.25, -0.2) is 21.1 Å². The molecule has 0 aromatic heterocycles. The van der Waals surface area contributed by atoms with Gasteiger partial charge < -0.3 is 9.84 Å². The number of likely N-dealkylation sites (N-methyl/N-ethyl adjacent to an activating group) is 1. The Hall–Kier alpha value is -1.46. The summed E-state index contributed by atoms with van der Waals surface area (Å²) in [4.78, 5) is 0.0388. The van der Waals surface area contributed by atoms with E-state index in [2.05, 4.69) is 6.08 Å². The first-order chi connectivity index (χ1) is 14.9. The summed E-state index contributed by atoms with van der Waals surface area (Å²) in [5.74, 6) is -0.0868. The molecule has 1 aromatic rings. The zero-order chi connectivity index (χ0) is 23.7. The Bertz CT molecular complexity index is 1070. The molecule has 2 aliphatic rings. The number of fused-ring (bicyclic) bond motifs is 1. The first-order valence-corrected chi connectivity index (χ1v) is 14.3. The average Bonchev–Trinajstić information content (AvgIpc) is 2.75. The molecule has 1 aliphatic heterocycles.